The number of thiocarbonyl (C=S) groups is 1. The van der Waals surface area contributed by atoms with E-state index in [9.17, 15) is 0 Å². The monoisotopic (exact) mass is 361 g/mol. The Bertz CT molecular complexity index is 665. The minimum atomic E-state index is 0.549. The van der Waals surface area contributed by atoms with Crippen molar-refractivity contribution in [3.63, 3.8) is 0 Å². The molecule has 0 aliphatic carbocycles. The number of aromatic nitrogens is 4. The van der Waals surface area contributed by atoms with Crippen LogP contribution in [0.5, 0.6) is 0 Å². The number of nitrogens with one attached hydrogen (secondary N) is 2. The molecule has 0 unspecified atom stereocenters. The molecule has 2 aromatic rings. The van der Waals surface area contributed by atoms with Gasteiger partial charge >= 0.3 is 0 Å². The summed E-state index contributed by atoms with van der Waals surface area (Å²) in [6.07, 6.45) is 7.63. The van der Waals surface area contributed by atoms with Crippen LogP contribution in [0.3, 0.4) is 0 Å². The zero-order valence-electron chi connectivity index (χ0n) is 15.2. The quantitative estimate of drug-likeness (QED) is 0.665. The Morgan fingerprint density at radius 1 is 1.16 bits per heavy atom. The maximum Gasteiger partial charge on any atom is 0.171 e. The summed E-state index contributed by atoms with van der Waals surface area (Å²) in [4.78, 5) is 15.5. The maximum atomic E-state index is 5.19. The Labute approximate surface area is 154 Å². The number of nitrogens with zero attached hydrogens (tertiary/aromatic N) is 5. The van der Waals surface area contributed by atoms with E-state index in [1.807, 2.05) is 23.8 Å². The van der Waals surface area contributed by atoms with E-state index < -0.39 is 0 Å². The molecule has 0 aliphatic heterocycles. The van der Waals surface area contributed by atoms with Gasteiger partial charge < -0.3 is 10.6 Å². The summed E-state index contributed by atoms with van der Waals surface area (Å²) in [6, 6.07) is 1.85. The van der Waals surface area contributed by atoms with E-state index in [0.717, 1.165) is 50.5 Å². The van der Waals surface area contributed by atoms with Crippen LogP contribution in [-0.2, 0) is 6.54 Å². The van der Waals surface area contributed by atoms with Crippen molar-refractivity contribution >= 4 is 23.1 Å². The summed E-state index contributed by atoms with van der Waals surface area (Å²) < 4.78 is 1.91. The summed E-state index contributed by atoms with van der Waals surface area (Å²) >= 11 is 5.19. The van der Waals surface area contributed by atoms with Crippen LogP contribution in [0.1, 0.15) is 39.3 Å². The first-order chi connectivity index (χ1) is 12.2. The molecule has 0 amide bonds. The first kappa shape index (κ1) is 19.3. The van der Waals surface area contributed by atoms with Gasteiger partial charge in [-0.2, -0.15) is 0 Å². The van der Waals surface area contributed by atoms with Crippen LogP contribution in [0.4, 0.5) is 5.82 Å². The summed E-state index contributed by atoms with van der Waals surface area (Å²) in [5, 5.41) is 6.64. The van der Waals surface area contributed by atoms with Gasteiger partial charge in [0.25, 0.3) is 0 Å². The maximum absolute atomic E-state index is 5.19. The van der Waals surface area contributed by atoms with Gasteiger partial charge in [-0.1, -0.05) is 13.8 Å². The van der Waals surface area contributed by atoms with Crippen molar-refractivity contribution in [2.75, 3.05) is 25.0 Å². The van der Waals surface area contributed by atoms with E-state index in [0.29, 0.717) is 10.9 Å². The molecule has 8 heteroatoms. The van der Waals surface area contributed by atoms with Crippen molar-refractivity contribution in [1.29, 1.82) is 0 Å². The molecule has 0 radical (unpaired) electrons. The lowest BCUT2D eigenvalue weighted by Crippen LogP contribution is -2.28. The second-order valence-corrected chi connectivity index (χ2v) is 6.20. The molecule has 0 saturated heterocycles. The average Bonchev–Trinajstić information content (AvgIpc) is 3.04. The van der Waals surface area contributed by atoms with Gasteiger partial charge in [0, 0.05) is 25.4 Å². The molecule has 0 aromatic carbocycles. The van der Waals surface area contributed by atoms with Gasteiger partial charge in [-0.3, -0.25) is 9.47 Å². The fourth-order valence-corrected chi connectivity index (χ4v) is 2.83. The third kappa shape index (κ3) is 6.06. The fraction of sp³-hybridized carbons (Fsp3) is 0.529. The molecule has 2 heterocycles. The number of rotatable bonds is 9. The molecule has 25 heavy (non-hydrogen) atoms. The van der Waals surface area contributed by atoms with Crippen LogP contribution >= 0.6 is 12.2 Å². The predicted molar refractivity (Wildman–Crippen MR) is 105 cm³/mol. The lowest BCUT2D eigenvalue weighted by atomic mass is 10.3. The van der Waals surface area contributed by atoms with Gasteiger partial charge in [0.2, 0.25) is 0 Å². The Kier molecular flexibility index (Phi) is 7.75. The lowest BCUT2D eigenvalue weighted by molar-refractivity contribution is 0.264. The summed E-state index contributed by atoms with van der Waals surface area (Å²) in [5.74, 6) is 1.41. The normalized spacial score (nSPS) is 10.9. The fourth-order valence-electron chi connectivity index (χ4n) is 2.58. The van der Waals surface area contributed by atoms with E-state index in [2.05, 4.69) is 44.3 Å². The Morgan fingerprint density at radius 3 is 2.60 bits per heavy atom. The Morgan fingerprint density at radius 2 is 1.92 bits per heavy atom. The molecule has 0 fully saturated rings. The van der Waals surface area contributed by atoms with Gasteiger partial charge in [0.1, 0.15) is 24.3 Å². The third-order valence-electron chi connectivity index (χ3n) is 3.60. The summed E-state index contributed by atoms with van der Waals surface area (Å²) in [7, 11) is 0. The number of hydrogen-bond donors (Lipinski definition) is 2. The molecule has 2 aromatic heterocycles. The van der Waals surface area contributed by atoms with Crippen molar-refractivity contribution in [2.45, 2.75) is 40.2 Å². The molecule has 2 N–H and O–H groups in total. The lowest BCUT2D eigenvalue weighted by Gasteiger charge is -2.19. The van der Waals surface area contributed by atoms with E-state index in [1.165, 1.54) is 6.33 Å². The summed E-state index contributed by atoms with van der Waals surface area (Å²) in [6.45, 7) is 10.2. The van der Waals surface area contributed by atoms with Gasteiger partial charge in [-0.25, -0.2) is 15.0 Å². The molecular weight excluding hydrogens is 334 g/mol. The van der Waals surface area contributed by atoms with E-state index in [-0.39, 0.29) is 0 Å². The Hall–Kier alpha value is -2.06. The van der Waals surface area contributed by atoms with Crippen LogP contribution in [-0.4, -0.2) is 49.2 Å². The van der Waals surface area contributed by atoms with Crippen LogP contribution in [0.15, 0.2) is 24.9 Å². The molecular formula is C17H27N7S. The van der Waals surface area contributed by atoms with E-state index in [4.69, 9.17) is 12.2 Å². The minimum absolute atomic E-state index is 0.549. The van der Waals surface area contributed by atoms with Gasteiger partial charge in [-0.05, 0) is 45.1 Å². The first-order valence-electron chi connectivity index (χ1n) is 8.78. The van der Waals surface area contributed by atoms with Gasteiger partial charge in [0.15, 0.2) is 5.11 Å². The first-order valence-corrected chi connectivity index (χ1v) is 9.19. The van der Waals surface area contributed by atoms with Gasteiger partial charge in [0.05, 0.1) is 5.69 Å². The number of hydrogen-bond acceptors (Lipinski definition) is 5. The highest BCUT2D eigenvalue weighted by molar-refractivity contribution is 7.80. The molecule has 2 rings (SSSR count). The van der Waals surface area contributed by atoms with E-state index >= 15 is 0 Å². The average molecular weight is 362 g/mol. The standard InChI is InChI=1S/C17H27N7S/c1-4-7-23(8-5-2)10-14-11-24(13-21-14)16-9-15(19-12-20-16)22-17(25)18-6-3/h9,11-13H,4-8,10H2,1-3H3,(H2,18,19,20,22,25). The molecule has 136 valence electrons. The van der Waals surface area contributed by atoms with Crippen molar-refractivity contribution < 1.29 is 0 Å². The van der Waals surface area contributed by atoms with Crippen molar-refractivity contribution in [3.05, 3.63) is 30.6 Å². The zero-order valence-corrected chi connectivity index (χ0v) is 16.0. The molecule has 0 atom stereocenters. The molecule has 0 saturated carbocycles. The molecule has 7 nitrogen and oxygen atoms in total. The molecule has 0 spiro atoms. The highest BCUT2D eigenvalue weighted by Crippen LogP contribution is 2.11. The highest BCUT2D eigenvalue weighted by Gasteiger charge is 2.08. The van der Waals surface area contributed by atoms with Crippen LogP contribution < -0.4 is 10.6 Å². The number of anilines is 1. The van der Waals surface area contributed by atoms with Crippen LogP contribution in [0, 0.1) is 0 Å². The molecule has 0 bridgehead atoms. The summed E-state index contributed by atoms with van der Waals surface area (Å²) in [5.41, 5.74) is 1.04. The van der Waals surface area contributed by atoms with Gasteiger partial charge in [-0.15, -0.1) is 0 Å². The predicted octanol–water partition coefficient (Wildman–Crippen LogP) is 2.59. The minimum Gasteiger partial charge on any atom is -0.363 e. The van der Waals surface area contributed by atoms with Crippen molar-refractivity contribution in [2.24, 2.45) is 0 Å². The second kappa shape index (κ2) is 10.0. The van der Waals surface area contributed by atoms with Crippen LogP contribution in [0.25, 0.3) is 5.82 Å². The highest BCUT2D eigenvalue weighted by atomic mass is 32.1. The third-order valence-corrected chi connectivity index (χ3v) is 3.84. The van der Waals surface area contributed by atoms with Crippen LogP contribution in [0.2, 0.25) is 0 Å². The van der Waals surface area contributed by atoms with Crippen molar-refractivity contribution in [1.82, 2.24) is 29.7 Å². The smallest absolute Gasteiger partial charge is 0.171 e. The zero-order chi connectivity index (χ0) is 18.1. The van der Waals surface area contributed by atoms with Crippen molar-refractivity contribution in [3.8, 4) is 5.82 Å². The molecule has 0 aliphatic rings. The largest absolute Gasteiger partial charge is 0.363 e. The van der Waals surface area contributed by atoms with E-state index in [1.54, 1.807) is 6.33 Å². The Balaban J connectivity index is 2.07. The SMILES string of the molecule is CCCN(CCC)Cc1cn(-c2cc(NC(=S)NCC)ncn2)cn1. The number of imidazole rings is 1. The topological polar surface area (TPSA) is 70.9 Å². The second-order valence-electron chi connectivity index (χ2n) is 5.79.